The molecule has 23 heavy (non-hydrogen) atoms. The molecule has 120 valence electrons. The second-order valence-corrected chi connectivity index (χ2v) is 5.18. The Morgan fingerprint density at radius 1 is 1.26 bits per heavy atom. The van der Waals surface area contributed by atoms with E-state index < -0.39 is 17.8 Å². The molecule has 1 aliphatic rings. The highest BCUT2D eigenvalue weighted by Gasteiger charge is 2.34. The normalized spacial score (nSPS) is 15.0. The summed E-state index contributed by atoms with van der Waals surface area (Å²) in [5.41, 5.74) is 0.234. The molecule has 0 saturated carbocycles. The number of nitrogens with zero attached hydrogens (tertiary/aromatic N) is 2. The van der Waals surface area contributed by atoms with Gasteiger partial charge in [0.2, 0.25) is 0 Å². The van der Waals surface area contributed by atoms with Gasteiger partial charge >= 0.3 is 6.18 Å². The number of hydrogen-bond acceptors (Lipinski definition) is 4. The lowest BCUT2D eigenvalue weighted by molar-refractivity contribution is -0.138. The van der Waals surface area contributed by atoms with Gasteiger partial charge in [-0.05, 0) is 18.6 Å². The topological polar surface area (TPSA) is 66.9 Å². The molecule has 5 nitrogen and oxygen atoms in total. The van der Waals surface area contributed by atoms with Gasteiger partial charge in [-0.1, -0.05) is 18.2 Å². The molecule has 1 unspecified atom stereocenters. The van der Waals surface area contributed by atoms with Crippen molar-refractivity contribution in [2.24, 2.45) is 0 Å². The van der Waals surface area contributed by atoms with Crippen molar-refractivity contribution in [3.63, 3.8) is 0 Å². The minimum atomic E-state index is -4.43. The Balaban J connectivity index is 1.93. The molecule has 1 aromatic carbocycles. The van der Waals surface area contributed by atoms with Gasteiger partial charge < -0.3 is 10.6 Å². The first-order valence-corrected chi connectivity index (χ1v) is 6.92. The highest BCUT2D eigenvalue weighted by Crippen LogP contribution is 2.35. The molecule has 0 aliphatic carbocycles. The van der Waals surface area contributed by atoms with E-state index in [0.717, 1.165) is 6.07 Å². The van der Waals surface area contributed by atoms with Gasteiger partial charge in [-0.2, -0.15) is 13.2 Å². The fraction of sp³-hybridized carbons (Fsp3) is 0.267. The smallest absolute Gasteiger partial charge is 0.363 e. The van der Waals surface area contributed by atoms with Crippen molar-refractivity contribution < 1.29 is 18.0 Å². The summed E-state index contributed by atoms with van der Waals surface area (Å²) in [6, 6.07) is 4.74. The number of fused-ring (bicyclic) bond motifs is 1. The van der Waals surface area contributed by atoms with E-state index in [0.29, 0.717) is 11.4 Å². The van der Waals surface area contributed by atoms with Gasteiger partial charge in [0.1, 0.15) is 17.8 Å². The zero-order valence-corrected chi connectivity index (χ0v) is 12.1. The first-order chi connectivity index (χ1) is 10.9. The van der Waals surface area contributed by atoms with E-state index in [4.69, 9.17) is 0 Å². The van der Waals surface area contributed by atoms with Crippen LogP contribution in [-0.2, 0) is 12.7 Å². The molecule has 1 aromatic heterocycles. The summed E-state index contributed by atoms with van der Waals surface area (Å²) in [6.45, 7) is 1.87. The van der Waals surface area contributed by atoms with E-state index in [1.54, 1.807) is 13.0 Å². The van der Waals surface area contributed by atoms with E-state index in [1.165, 1.54) is 18.5 Å². The van der Waals surface area contributed by atoms with Crippen LogP contribution >= 0.6 is 0 Å². The van der Waals surface area contributed by atoms with Crippen LogP contribution in [0.25, 0.3) is 0 Å². The molecule has 8 heteroatoms. The van der Waals surface area contributed by atoms with Crippen LogP contribution in [0.5, 0.6) is 0 Å². The van der Waals surface area contributed by atoms with Gasteiger partial charge in [0.25, 0.3) is 5.91 Å². The molecule has 1 amide bonds. The Morgan fingerprint density at radius 2 is 2.00 bits per heavy atom. The number of hydrogen-bond donors (Lipinski definition) is 2. The second-order valence-electron chi connectivity index (χ2n) is 5.18. The average molecular weight is 322 g/mol. The van der Waals surface area contributed by atoms with E-state index in [9.17, 15) is 18.0 Å². The predicted molar refractivity (Wildman–Crippen MR) is 76.7 cm³/mol. The van der Waals surface area contributed by atoms with Crippen LogP contribution < -0.4 is 10.6 Å². The number of rotatable bonds is 3. The number of nitrogens with one attached hydrogen (secondary N) is 2. The molecule has 2 N–H and O–H groups in total. The number of benzene rings is 1. The molecule has 0 fully saturated rings. The summed E-state index contributed by atoms with van der Waals surface area (Å²) < 4.78 is 39.3. The number of carbonyl (C=O) groups is 1. The van der Waals surface area contributed by atoms with Gasteiger partial charge in [-0.15, -0.1) is 0 Å². The van der Waals surface area contributed by atoms with Crippen molar-refractivity contribution in [3.05, 3.63) is 53.0 Å². The van der Waals surface area contributed by atoms with Crippen molar-refractivity contribution in [1.82, 2.24) is 15.3 Å². The van der Waals surface area contributed by atoms with Crippen molar-refractivity contribution >= 4 is 11.7 Å². The third-order valence-electron chi connectivity index (χ3n) is 3.67. The summed E-state index contributed by atoms with van der Waals surface area (Å²) in [7, 11) is 0. The molecule has 0 spiro atoms. The van der Waals surface area contributed by atoms with E-state index in [2.05, 4.69) is 20.6 Å². The van der Waals surface area contributed by atoms with Crippen molar-refractivity contribution in [2.75, 3.05) is 5.32 Å². The van der Waals surface area contributed by atoms with Crippen molar-refractivity contribution in [2.45, 2.75) is 25.7 Å². The first-order valence-electron chi connectivity index (χ1n) is 6.92. The van der Waals surface area contributed by atoms with Crippen LogP contribution in [0.4, 0.5) is 19.0 Å². The fourth-order valence-electron chi connectivity index (χ4n) is 2.57. The SMILES string of the molecule is CC(Nc1ncnc2c1CNC2=O)c1ccccc1C(F)(F)F. The standard InChI is InChI=1S/C15H13F3N4O/c1-8(9-4-2-3-5-11(9)15(16,17)18)22-13-10-6-19-14(23)12(10)20-7-21-13/h2-5,7-8H,6H2,1H3,(H,19,23)(H,20,21,22). The lowest BCUT2D eigenvalue weighted by Gasteiger charge is -2.20. The van der Waals surface area contributed by atoms with Crippen LogP contribution in [0.3, 0.4) is 0 Å². The van der Waals surface area contributed by atoms with Gasteiger partial charge in [0.15, 0.2) is 0 Å². The van der Waals surface area contributed by atoms with Crippen LogP contribution in [0.2, 0.25) is 0 Å². The van der Waals surface area contributed by atoms with Crippen LogP contribution in [-0.4, -0.2) is 15.9 Å². The zero-order valence-electron chi connectivity index (χ0n) is 12.1. The molecule has 2 aromatic rings. The number of anilines is 1. The number of aromatic nitrogens is 2. The van der Waals surface area contributed by atoms with Gasteiger partial charge in [0, 0.05) is 12.1 Å². The van der Waals surface area contributed by atoms with Gasteiger partial charge in [-0.25, -0.2) is 9.97 Å². The molecule has 1 aliphatic heterocycles. The van der Waals surface area contributed by atoms with Crippen LogP contribution in [0.15, 0.2) is 30.6 Å². The van der Waals surface area contributed by atoms with Crippen molar-refractivity contribution in [1.29, 1.82) is 0 Å². The highest BCUT2D eigenvalue weighted by atomic mass is 19.4. The first kappa shape index (κ1) is 15.3. The maximum atomic E-state index is 13.1. The molecule has 0 radical (unpaired) electrons. The van der Waals surface area contributed by atoms with Crippen molar-refractivity contribution in [3.8, 4) is 0 Å². The molecule has 2 heterocycles. The molecular formula is C15H13F3N4O. The summed E-state index contributed by atoms with van der Waals surface area (Å²) in [5.74, 6) is 0.0478. The van der Waals surface area contributed by atoms with Gasteiger partial charge in [-0.3, -0.25) is 4.79 Å². The predicted octanol–water partition coefficient (Wildman–Crippen LogP) is 2.91. The number of halogens is 3. The monoisotopic (exact) mass is 322 g/mol. The number of carbonyl (C=O) groups excluding carboxylic acids is 1. The average Bonchev–Trinajstić information content (AvgIpc) is 2.89. The van der Waals surface area contributed by atoms with E-state index in [-0.39, 0.29) is 23.7 Å². The molecular weight excluding hydrogens is 309 g/mol. The van der Waals surface area contributed by atoms with Gasteiger partial charge in [0.05, 0.1) is 11.6 Å². The molecule has 1 atom stereocenters. The highest BCUT2D eigenvalue weighted by molar-refractivity contribution is 5.97. The number of amides is 1. The minimum absolute atomic E-state index is 0.115. The summed E-state index contributed by atoms with van der Waals surface area (Å²) in [4.78, 5) is 19.5. The zero-order chi connectivity index (χ0) is 16.6. The summed E-state index contributed by atoms with van der Waals surface area (Å²) >= 11 is 0. The molecule has 3 rings (SSSR count). The Kier molecular flexibility index (Phi) is 3.67. The Bertz CT molecular complexity index is 761. The van der Waals surface area contributed by atoms with Crippen LogP contribution in [0.1, 0.15) is 40.1 Å². The maximum Gasteiger partial charge on any atom is 0.416 e. The second kappa shape index (κ2) is 5.53. The van der Waals surface area contributed by atoms with E-state index >= 15 is 0 Å². The third kappa shape index (κ3) is 2.84. The Morgan fingerprint density at radius 3 is 2.74 bits per heavy atom. The minimum Gasteiger partial charge on any atom is -0.363 e. The third-order valence-corrected chi connectivity index (χ3v) is 3.67. The maximum absolute atomic E-state index is 13.1. The lowest BCUT2D eigenvalue weighted by atomic mass is 10.0. The quantitative estimate of drug-likeness (QED) is 0.912. The summed E-state index contributed by atoms with van der Waals surface area (Å²) in [5, 5.41) is 5.56. The molecule has 0 saturated heterocycles. The number of alkyl halides is 3. The Hall–Kier alpha value is -2.64. The lowest BCUT2D eigenvalue weighted by Crippen LogP contribution is -2.16. The largest absolute Gasteiger partial charge is 0.416 e. The van der Waals surface area contributed by atoms with Crippen LogP contribution in [0, 0.1) is 0 Å². The summed E-state index contributed by atoms with van der Waals surface area (Å²) in [6.07, 6.45) is -3.22. The fourth-order valence-corrected chi connectivity index (χ4v) is 2.57. The molecule has 0 bridgehead atoms. The van der Waals surface area contributed by atoms with E-state index in [1.807, 2.05) is 0 Å². The Labute approximate surface area is 130 Å².